The second-order valence-corrected chi connectivity index (χ2v) is 3.75. The predicted octanol–water partition coefficient (Wildman–Crippen LogP) is 3.15. The Hall–Kier alpha value is -0.500. The lowest BCUT2D eigenvalue weighted by atomic mass is 10.2. The number of hydrogen-bond acceptors (Lipinski definition) is 1. The Bertz CT molecular complexity index is 242. The molecular formula is C9H15ClN2. The zero-order valence-electron chi connectivity index (χ0n) is 7.79. The maximum absolute atomic E-state index is 6.06. The van der Waals surface area contributed by atoms with Crippen molar-refractivity contribution in [3.63, 3.8) is 0 Å². The number of rotatable bonds is 3. The summed E-state index contributed by atoms with van der Waals surface area (Å²) in [5.41, 5.74) is 1.12. The van der Waals surface area contributed by atoms with Crippen LogP contribution in [0.5, 0.6) is 0 Å². The molecule has 0 fully saturated rings. The first-order valence-electron chi connectivity index (χ1n) is 4.33. The molecule has 0 radical (unpaired) electrons. The number of halogens is 1. The number of nitrogens with zero attached hydrogens (tertiary/aromatic N) is 2. The number of hydrogen-bond donors (Lipinski definition) is 0. The number of alkyl halides is 1. The van der Waals surface area contributed by atoms with Gasteiger partial charge in [-0.2, -0.15) is 5.10 Å². The first kappa shape index (κ1) is 9.59. The molecule has 1 aromatic rings. The first-order valence-corrected chi connectivity index (χ1v) is 4.77. The third-order valence-electron chi connectivity index (χ3n) is 1.87. The average molecular weight is 187 g/mol. The van der Waals surface area contributed by atoms with E-state index in [9.17, 15) is 0 Å². The molecule has 2 nitrogen and oxygen atoms in total. The summed E-state index contributed by atoms with van der Waals surface area (Å²) in [5, 5.41) is 4.33. The molecule has 0 aliphatic carbocycles. The van der Waals surface area contributed by atoms with Gasteiger partial charge in [0, 0.05) is 17.8 Å². The van der Waals surface area contributed by atoms with Crippen molar-refractivity contribution < 1.29 is 0 Å². The summed E-state index contributed by atoms with van der Waals surface area (Å²) < 4.78 is 1.93. The summed E-state index contributed by atoms with van der Waals surface area (Å²) in [4.78, 5) is 0. The molecule has 1 rings (SSSR count). The monoisotopic (exact) mass is 186 g/mol. The van der Waals surface area contributed by atoms with Crippen LogP contribution in [0.15, 0.2) is 12.4 Å². The van der Waals surface area contributed by atoms with Gasteiger partial charge in [0.25, 0.3) is 0 Å². The summed E-state index contributed by atoms with van der Waals surface area (Å²) in [7, 11) is 0. The van der Waals surface area contributed by atoms with E-state index in [1.807, 2.05) is 17.1 Å². The van der Waals surface area contributed by atoms with Gasteiger partial charge in [-0.05, 0) is 20.3 Å². The van der Waals surface area contributed by atoms with E-state index in [-0.39, 0.29) is 5.38 Å². The van der Waals surface area contributed by atoms with Crippen LogP contribution >= 0.6 is 11.6 Å². The molecule has 68 valence electrons. The van der Waals surface area contributed by atoms with Crippen molar-refractivity contribution in [1.82, 2.24) is 9.78 Å². The van der Waals surface area contributed by atoms with Gasteiger partial charge in [0.2, 0.25) is 0 Å². The van der Waals surface area contributed by atoms with E-state index >= 15 is 0 Å². The van der Waals surface area contributed by atoms with E-state index in [4.69, 9.17) is 11.6 Å². The van der Waals surface area contributed by atoms with Gasteiger partial charge in [0.05, 0.1) is 11.6 Å². The lowest BCUT2D eigenvalue weighted by Crippen LogP contribution is -2.00. The standard InChI is InChI=1S/C9H15ClN2/c1-4-9(10)8-5-11-12(6-8)7(2)3/h5-7,9H,4H2,1-3H3. The fourth-order valence-corrected chi connectivity index (χ4v) is 1.15. The minimum Gasteiger partial charge on any atom is -0.270 e. The highest BCUT2D eigenvalue weighted by atomic mass is 35.5. The van der Waals surface area contributed by atoms with Crippen molar-refractivity contribution >= 4 is 11.6 Å². The molecule has 0 amide bonds. The molecule has 0 spiro atoms. The quantitative estimate of drug-likeness (QED) is 0.664. The van der Waals surface area contributed by atoms with Crippen molar-refractivity contribution in [2.45, 2.75) is 38.6 Å². The third kappa shape index (κ3) is 2.01. The molecule has 0 aliphatic rings. The zero-order chi connectivity index (χ0) is 9.14. The first-order chi connectivity index (χ1) is 5.65. The molecule has 0 aromatic carbocycles. The van der Waals surface area contributed by atoms with Gasteiger partial charge in [0.15, 0.2) is 0 Å². The van der Waals surface area contributed by atoms with Gasteiger partial charge in [-0.1, -0.05) is 6.92 Å². The van der Waals surface area contributed by atoms with Crippen molar-refractivity contribution in [2.24, 2.45) is 0 Å². The maximum Gasteiger partial charge on any atom is 0.0613 e. The lowest BCUT2D eigenvalue weighted by molar-refractivity contribution is 0.532. The smallest absolute Gasteiger partial charge is 0.0613 e. The minimum atomic E-state index is 0.109. The van der Waals surface area contributed by atoms with Gasteiger partial charge >= 0.3 is 0 Å². The SMILES string of the molecule is CCC(Cl)c1cnn(C(C)C)c1. The van der Waals surface area contributed by atoms with Crippen LogP contribution in [0, 0.1) is 0 Å². The molecule has 0 N–H and O–H groups in total. The average Bonchev–Trinajstić information content (AvgIpc) is 2.51. The molecule has 1 unspecified atom stereocenters. The molecule has 12 heavy (non-hydrogen) atoms. The third-order valence-corrected chi connectivity index (χ3v) is 2.43. The summed E-state index contributed by atoms with van der Waals surface area (Å²) in [6.45, 7) is 6.28. The van der Waals surface area contributed by atoms with Gasteiger partial charge in [-0.15, -0.1) is 11.6 Å². The molecule has 3 heteroatoms. The van der Waals surface area contributed by atoms with Crippen LogP contribution in [-0.2, 0) is 0 Å². The summed E-state index contributed by atoms with van der Waals surface area (Å²) in [5.74, 6) is 0. The molecule has 0 saturated carbocycles. The Labute approximate surface area is 78.5 Å². The summed E-state index contributed by atoms with van der Waals surface area (Å²) in [6.07, 6.45) is 4.82. The molecule has 1 heterocycles. The van der Waals surface area contributed by atoms with Crippen LogP contribution in [0.3, 0.4) is 0 Å². The highest BCUT2D eigenvalue weighted by Gasteiger charge is 2.08. The fraction of sp³-hybridized carbons (Fsp3) is 0.667. The predicted molar refractivity (Wildman–Crippen MR) is 51.5 cm³/mol. The van der Waals surface area contributed by atoms with Crippen molar-refractivity contribution in [1.29, 1.82) is 0 Å². The van der Waals surface area contributed by atoms with Gasteiger partial charge in [-0.3, -0.25) is 4.68 Å². The van der Waals surface area contributed by atoms with E-state index in [2.05, 4.69) is 25.9 Å². The molecular weight excluding hydrogens is 172 g/mol. The highest BCUT2D eigenvalue weighted by Crippen LogP contribution is 2.23. The van der Waals surface area contributed by atoms with E-state index in [1.54, 1.807) is 0 Å². The van der Waals surface area contributed by atoms with Crippen LogP contribution in [0.2, 0.25) is 0 Å². The Morgan fingerprint density at radius 3 is 2.67 bits per heavy atom. The van der Waals surface area contributed by atoms with Crippen LogP contribution in [0.4, 0.5) is 0 Å². The van der Waals surface area contributed by atoms with Gasteiger partial charge in [0.1, 0.15) is 0 Å². The van der Waals surface area contributed by atoms with E-state index in [0.717, 1.165) is 12.0 Å². The molecule has 0 bridgehead atoms. The van der Waals surface area contributed by atoms with Crippen molar-refractivity contribution in [3.05, 3.63) is 18.0 Å². The van der Waals surface area contributed by atoms with Gasteiger partial charge < -0.3 is 0 Å². The van der Waals surface area contributed by atoms with Gasteiger partial charge in [-0.25, -0.2) is 0 Å². The number of aromatic nitrogens is 2. The van der Waals surface area contributed by atoms with Crippen LogP contribution in [-0.4, -0.2) is 9.78 Å². The Kier molecular flexibility index (Phi) is 3.15. The normalized spacial score (nSPS) is 13.8. The molecule has 1 atom stereocenters. The maximum atomic E-state index is 6.06. The largest absolute Gasteiger partial charge is 0.270 e. The molecule has 0 saturated heterocycles. The Morgan fingerprint density at radius 1 is 1.58 bits per heavy atom. The topological polar surface area (TPSA) is 17.8 Å². The fourth-order valence-electron chi connectivity index (χ4n) is 1.03. The summed E-state index contributed by atoms with van der Waals surface area (Å²) >= 11 is 6.06. The van der Waals surface area contributed by atoms with Crippen LogP contribution in [0.1, 0.15) is 44.2 Å². The Morgan fingerprint density at radius 2 is 2.25 bits per heavy atom. The van der Waals surface area contributed by atoms with E-state index < -0.39 is 0 Å². The lowest BCUT2D eigenvalue weighted by Gasteiger charge is -2.04. The zero-order valence-corrected chi connectivity index (χ0v) is 8.54. The highest BCUT2D eigenvalue weighted by molar-refractivity contribution is 6.20. The van der Waals surface area contributed by atoms with Crippen molar-refractivity contribution in [2.75, 3.05) is 0 Å². The Balaban J connectivity index is 2.77. The molecule has 1 aromatic heterocycles. The van der Waals surface area contributed by atoms with Crippen LogP contribution in [0.25, 0.3) is 0 Å². The minimum absolute atomic E-state index is 0.109. The second-order valence-electron chi connectivity index (χ2n) is 3.22. The van der Waals surface area contributed by atoms with E-state index in [0.29, 0.717) is 6.04 Å². The van der Waals surface area contributed by atoms with E-state index in [1.165, 1.54) is 0 Å². The van der Waals surface area contributed by atoms with Crippen molar-refractivity contribution in [3.8, 4) is 0 Å². The molecule has 0 aliphatic heterocycles. The van der Waals surface area contributed by atoms with Crippen LogP contribution < -0.4 is 0 Å². The summed E-state index contributed by atoms with van der Waals surface area (Å²) in [6, 6.07) is 0.416. The second kappa shape index (κ2) is 3.94.